The first-order chi connectivity index (χ1) is 6.48. The maximum atomic E-state index is 10.8. The zero-order chi connectivity index (χ0) is 12.4. The van der Waals surface area contributed by atoms with Gasteiger partial charge in [0.25, 0.3) is 0 Å². The molecule has 0 saturated heterocycles. The molecule has 2 unspecified atom stereocenters. The molecule has 90 valence electrons. The third-order valence-electron chi connectivity index (χ3n) is 2.81. The molecule has 3 nitrogen and oxygen atoms in total. The van der Waals surface area contributed by atoms with Crippen molar-refractivity contribution in [1.29, 1.82) is 0 Å². The fourth-order valence-electron chi connectivity index (χ4n) is 2.16. The van der Waals surface area contributed by atoms with Gasteiger partial charge in [0.15, 0.2) is 0 Å². The Morgan fingerprint density at radius 2 is 1.60 bits per heavy atom. The first-order valence-corrected chi connectivity index (χ1v) is 5.39. The number of hydrogen-bond acceptors (Lipinski definition) is 2. The van der Waals surface area contributed by atoms with Gasteiger partial charge in [-0.2, -0.15) is 0 Å². The van der Waals surface area contributed by atoms with Crippen molar-refractivity contribution in [3.63, 3.8) is 0 Å². The highest BCUT2D eigenvalue weighted by atomic mass is 16.4. The Labute approximate surface area is 92.5 Å². The molecule has 0 saturated carbocycles. The predicted octanol–water partition coefficient (Wildman–Crippen LogP) is 2.53. The van der Waals surface area contributed by atoms with Crippen LogP contribution < -0.4 is 0 Å². The van der Waals surface area contributed by atoms with Crippen LogP contribution in [-0.4, -0.2) is 22.3 Å². The van der Waals surface area contributed by atoms with Gasteiger partial charge in [0.2, 0.25) is 0 Å². The number of hydrogen-bond donors (Lipinski definition) is 2. The highest BCUT2D eigenvalue weighted by Crippen LogP contribution is 2.38. The summed E-state index contributed by atoms with van der Waals surface area (Å²) >= 11 is 0. The summed E-state index contributed by atoms with van der Waals surface area (Å²) in [5.74, 6) is -1.22. The second kappa shape index (κ2) is 4.52. The highest BCUT2D eigenvalue weighted by Gasteiger charge is 2.38. The summed E-state index contributed by atoms with van der Waals surface area (Å²) in [5.41, 5.74) is -0.599. The smallest absolute Gasteiger partial charge is 0.306 e. The van der Waals surface area contributed by atoms with Gasteiger partial charge in [-0.15, -0.1) is 0 Å². The van der Waals surface area contributed by atoms with Gasteiger partial charge < -0.3 is 10.2 Å². The Hall–Kier alpha value is -0.570. The summed E-state index contributed by atoms with van der Waals surface area (Å²) in [6.07, 6.45) is -0.0207. The monoisotopic (exact) mass is 216 g/mol. The fraction of sp³-hybridized carbons (Fsp3) is 0.917. The Bertz CT molecular complexity index is 226. The topological polar surface area (TPSA) is 57.5 Å². The Morgan fingerprint density at radius 1 is 1.20 bits per heavy atom. The number of carbonyl (C=O) groups is 1. The van der Waals surface area contributed by atoms with E-state index in [1.54, 1.807) is 6.92 Å². The molecule has 15 heavy (non-hydrogen) atoms. The lowest BCUT2D eigenvalue weighted by molar-refractivity contribution is -0.143. The van der Waals surface area contributed by atoms with E-state index < -0.39 is 18.0 Å². The zero-order valence-corrected chi connectivity index (χ0v) is 10.7. The van der Waals surface area contributed by atoms with Crippen LogP contribution in [0.3, 0.4) is 0 Å². The largest absolute Gasteiger partial charge is 0.481 e. The molecular formula is C12H24O3. The van der Waals surface area contributed by atoms with E-state index in [4.69, 9.17) is 5.11 Å². The van der Waals surface area contributed by atoms with E-state index in [9.17, 15) is 9.90 Å². The molecule has 0 spiro atoms. The maximum Gasteiger partial charge on any atom is 0.306 e. The Kier molecular flexibility index (Phi) is 4.35. The molecule has 3 heteroatoms. The molecule has 0 aromatic heterocycles. The fourth-order valence-corrected chi connectivity index (χ4v) is 2.16. The lowest BCUT2D eigenvalue weighted by atomic mass is 9.69. The van der Waals surface area contributed by atoms with Crippen LogP contribution in [0.4, 0.5) is 0 Å². The predicted molar refractivity (Wildman–Crippen MR) is 60.7 cm³/mol. The summed E-state index contributed by atoms with van der Waals surface area (Å²) < 4.78 is 0. The van der Waals surface area contributed by atoms with Crippen LogP contribution in [0.5, 0.6) is 0 Å². The second-order valence-corrected chi connectivity index (χ2v) is 6.20. The van der Waals surface area contributed by atoms with Crippen LogP contribution in [0.2, 0.25) is 0 Å². The summed E-state index contributed by atoms with van der Waals surface area (Å²) in [6, 6.07) is 0. The molecule has 0 aromatic rings. The molecule has 2 atom stereocenters. The molecular weight excluding hydrogens is 192 g/mol. The lowest BCUT2D eigenvalue weighted by Crippen LogP contribution is -2.41. The van der Waals surface area contributed by atoms with Gasteiger partial charge in [-0.3, -0.25) is 4.79 Å². The summed E-state index contributed by atoms with van der Waals surface area (Å²) in [6.45, 7) is 11.4. The minimum atomic E-state index is -0.802. The first-order valence-electron chi connectivity index (χ1n) is 5.39. The van der Waals surface area contributed by atoms with Crippen LogP contribution >= 0.6 is 0 Å². The van der Waals surface area contributed by atoms with E-state index in [1.165, 1.54) is 0 Å². The van der Waals surface area contributed by atoms with Crippen LogP contribution in [0, 0.1) is 16.7 Å². The number of carboxylic acids is 1. The van der Waals surface area contributed by atoms with Crippen molar-refractivity contribution in [2.75, 3.05) is 0 Å². The summed E-state index contributed by atoms with van der Waals surface area (Å²) in [5, 5.41) is 19.0. The highest BCUT2D eigenvalue weighted by molar-refractivity contribution is 5.69. The van der Waals surface area contributed by atoms with Gasteiger partial charge in [0.1, 0.15) is 0 Å². The normalized spacial score (nSPS) is 17.3. The van der Waals surface area contributed by atoms with Gasteiger partial charge >= 0.3 is 5.97 Å². The molecule has 0 rings (SSSR count). The van der Waals surface area contributed by atoms with Crippen molar-refractivity contribution in [3.8, 4) is 0 Å². The van der Waals surface area contributed by atoms with Gasteiger partial charge in [-0.1, -0.05) is 41.5 Å². The number of carboxylic acid groups (broad SMARTS) is 1. The SMILES string of the molecule is CC(CC(C)(C)C(O)C(C)(C)C)C(=O)O. The van der Waals surface area contributed by atoms with Crippen LogP contribution in [0.15, 0.2) is 0 Å². The first kappa shape index (κ1) is 14.4. The van der Waals surface area contributed by atoms with Crippen LogP contribution in [0.1, 0.15) is 48.0 Å². The van der Waals surface area contributed by atoms with Crippen molar-refractivity contribution >= 4 is 5.97 Å². The molecule has 0 amide bonds. The zero-order valence-electron chi connectivity index (χ0n) is 10.7. The maximum absolute atomic E-state index is 10.8. The Morgan fingerprint density at radius 3 is 1.87 bits per heavy atom. The minimum absolute atomic E-state index is 0.221. The van der Waals surface area contributed by atoms with Gasteiger partial charge in [0, 0.05) is 0 Å². The Balaban J connectivity index is 4.62. The molecule has 0 bridgehead atoms. The van der Waals surface area contributed by atoms with Crippen molar-refractivity contribution < 1.29 is 15.0 Å². The van der Waals surface area contributed by atoms with E-state index in [1.807, 2.05) is 34.6 Å². The van der Waals surface area contributed by atoms with Crippen LogP contribution in [-0.2, 0) is 4.79 Å². The molecule has 0 aliphatic carbocycles. The third kappa shape index (κ3) is 4.20. The molecule has 0 aliphatic heterocycles. The number of aliphatic hydroxyl groups is 1. The number of rotatable bonds is 4. The lowest BCUT2D eigenvalue weighted by Gasteiger charge is -2.40. The van der Waals surface area contributed by atoms with E-state index >= 15 is 0 Å². The molecule has 0 fully saturated rings. The summed E-state index contributed by atoms with van der Waals surface area (Å²) in [4.78, 5) is 10.8. The average molecular weight is 216 g/mol. The third-order valence-corrected chi connectivity index (χ3v) is 2.81. The van der Waals surface area contributed by atoms with E-state index in [0.717, 1.165) is 0 Å². The average Bonchev–Trinajstić information content (AvgIpc) is 2.00. The minimum Gasteiger partial charge on any atom is -0.481 e. The van der Waals surface area contributed by atoms with Gasteiger partial charge in [-0.05, 0) is 17.3 Å². The molecule has 0 aliphatic rings. The van der Waals surface area contributed by atoms with Crippen molar-refractivity contribution in [1.82, 2.24) is 0 Å². The quantitative estimate of drug-likeness (QED) is 0.759. The van der Waals surface area contributed by atoms with E-state index in [0.29, 0.717) is 6.42 Å². The van der Waals surface area contributed by atoms with Gasteiger partial charge in [-0.25, -0.2) is 0 Å². The van der Waals surface area contributed by atoms with Crippen LogP contribution in [0.25, 0.3) is 0 Å². The van der Waals surface area contributed by atoms with E-state index in [-0.39, 0.29) is 10.8 Å². The van der Waals surface area contributed by atoms with Crippen molar-refractivity contribution in [2.24, 2.45) is 16.7 Å². The van der Waals surface area contributed by atoms with Gasteiger partial charge in [0.05, 0.1) is 12.0 Å². The van der Waals surface area contributed by atoms with Crippen molar-refractivity contribution in [2.45, 2.75) is 54.1 Å². The van der Waals surface area contributed by atoms with Crippen molar-refractivity contribution in [3.05, 3.63) is 0 Å². The van der Waals surface area contributed by atoms with E-state index in [2.05, 4.69) is 0 Å². The molecule has 0 radical (unpaired) electrons. The second-order valence-electron chi connectivity index (χ2n) is 6.20. The molecule has 0 heterocycles. The number of aliphatic carboxylic acids is 1. The molecule has 0 aromatic carbocycles. The standard InChI is InChI=1S/C12H24O3/c1-8(9(13)14)7-12(5,6)10(15)11(2,3)4/h8,10,15H,7H2,1-6H3,(H,13,14). The summed E-state index contributed by atoms with van der Waals surface area (Å²) in [7, 11) is 0. The number of aliphatic hydroxyl groups excluding tert-OH is 1. The molecule has 2 N–H and O–H groups in total.